The van der Waals surface area contributed by atoms with Gasteiger partial charge < -0.3 is 0 Å². The predicted octanol–water partition coefficient (Wildman–Crippen LogP) is 9.84. The summed E-state index contributed by atoms with van der Waals surface area (Å²) >= 11 is 7.63. The van der Waals surface area contributed by atoms with Gasteiger partial charge in [-0.05, 0) is 73.5 Å². The van der Waals surface area contributed by atoms with Crippen LogP contribution in [0.5, 0.6) is 0 Å². The normalized spacial score (nSPS) is 12.5. The highest BCUT2D eigenvalue weighted by molar-refractivity contribution is 7.22. The Balaban J connectivity index is 1.40. The molecule has 0 N–H and O–H groups in total. The Bertz CT molecular complexity index is 1450. The van der Waals surface area contributed by atoms with Gasteiger partial charge in [0.15, 0.2) is 0 Å². The second-order valence-corrected chi connectivity index (χ2v) is 12.1. The molecule has 0 fully saturated rings. The van der Waals surface area contributed by atoms with Crippen molar-refractivity contribution in [2.45, 2.75) is 26.7 Å². The average Bonchev–Trinajstić information content (AvgIpc) is 3.53. The first-order valence-corrected chi connectivity index (χ1v) is 13.6. The lowest BCUT2D eigenvalue weighted by Gasteiger charge is -1.90. The summed E-state index contributed by atoms with van der Waals surface area (Å²) in [6, 6.07) is 18.6. The number of benzene rings is 2. The van der Waals surface area contributed by atoms with Gasteiger partial charge in [-0.2, -0.15) is 0 Å². The van der Waals surface area contributed by atoms with Crippen molar-refractivity contribution in [3.63, 3.8) is 0 Å². The van der Waals surface area contributed by atoms with E-state index in [-0.39, 0.29) is 0 Å². The van der Waals surface area contributed by atoms with Gasteiger partial charge in [0.1, 0.15) is 0 Å². The van der Waals surface area contributed by atoms with Gasteiger partial charge in [0, 0.05) is 59.9 Å². The predicted molar refractivity (Wildman–Crippen MR) is 142 cm³/mol. The Morgan fingerprint density at radius 3 is 1.30 bits per heavy atom. The summed E-state index contributed by atoms with van der Waals surface area (Å²) in [5, 5.41) is 5.63. The molecule has 0 nitrogen and oxygen atoms in total. The number of hydrogen-bond acceptors (Lipinski definition) is 4. The summed E-state index contributed by atoms with van der Waals surface area (Å²) in [6.45, 7) is 4.48. The van der Waals surface area contributed by atoms with Crippen LogP contribution in [-0.2, 0) is 12.8 Å². The van der Waals surface area contributed by atoms with Crippen LogP contribution in [0.2, 0.25) is 0 Å². The topological polar surface area (TPSA) is 0 Å². The van der Waals surface area contributed by atoms with Crippen molar-refractivity contribution in [3.05, 3.63) is 68.0 Å². The molecule has 0 spiro atoms. The first kappa shape index (κ1) is 18.8. The van der Waals surface area contributed by atoms with E-state index in [2.05, 4.69) is 74.5 Å². The molecule has 0 atom stereocenters. The third-order valence-corrected chi connectivity index (χ3v) is 10.3. The molecule has 148 valence electrons. The first-order chi connectivity index (χ1) is 14.7. The van der Waals surface area contributed by atoms with Crippen molar-refractivity contribution in [3.8, 4) is 0 Å². The van der Waals surface area contributed by atoms with Crippen LogP contribution in [0.4, 0.5) is 0 Å². The van der Waals surface area contributed by atoms with Gasteiger partial charge in [0.05, 0.1) is 0 Å². The fourth-order valence-electron chi connectivity index (χ4n) is 4.08. The summed E-state index contributed by atoms with van der Waals surface area (Å²) in [4.78, 5) is 5.59. The molecule has 0 saturated heterocycles. The van der Waals surface area contributed by atoms with E-state index < -0.39 is 0 Å². The van der Waals surface area contributed by atoms with E-state index in [1.165, 1.54) is 59.9 Å². The van der Waals surface area contributed by atoms with Crippen LogP contribution < -0.4 is 0 Å². The zero-order valence-electron chi connectivity index (χ0n) is 16.8. The number of fused-ring (bicyclic) bond motifs is 6. The quantitative estimate of drug-likeness (QED) is 0.245. The fourth-order valence-corrected chi connectivity index (χ4v) is 8.08. The van der Waals surface area contributed by atoms with Crippen LogP contribution in [0.25, 0.3) is 52.5 Å². The lowest BCUT2D eigenvalue weighted by atomic mass is 10.1. The van der Waals surface area contributed by atoms with E-state index in [1.807, 2.05) is 45.3 Å². The Morgan fingerprint density at radius 1 is 0.533 bits per heavy atom. The minimum absolute atomic E-state index is 1.11. The first-order valence-electron chi connectivity index (χ1n) is 10.3. The Hall–Kier alpha value is -1.98. The van der Waals surface area contributed by atoms with Crippen LogP contribution in [0.15, 0.2) is 48.5 Å². The molecule has 0 bridgehead atoms. The van der Waals surface area contributed by atoms with Gasteiger partial charge in [-0.1, -0.05) is 13.8 Å². The van der Waals surface area contributed by atoms with Gasteiger partial charge in [0.25, 0.3) is 0 Å². The molecule has 0 unspecified atom stereocenters. The zero-order valence-corrected chi connectivity index (χ0v) is 20.1. The highest BCUT2D eigenvalue weighted by Crippen LogP contribution is 2.39. The lowest BCUT2D eigenvalue weighted by molar-refractivity contribution is 1.19. The number of aryl methyl sites for hydroxylation is 2. The minimum Gasteiger partial charge on any atom is -0.140 e. The summed E-state index contributed by atoms with van der Waals surface area (Å²) in [6.07, 6.45) is 6.80. The highest BCUT2D eigenvalue weighted by atomic mass is 32.1. The van der Waals surface area contributed by atoms with Crippen LogP contribution in [-0.4, -0.2) is 0 Å². The third kappa shape index (κ3) is 3.05. The van der Waals surface area contributed by atoms with E-state index in [4.69, 9.17) is 0 Å². The summed E-state index contributed by atoms with van der Waals surface area (Å²) in [5.74, 6) is 0. The van der Waals surface area contributed by atoms with E-state index in [9.17, 15) is 0 Å². The van der Waals surface area contributed by atoms with Crippen LogP contribution >= 0.6 is 45.3 Å². The molecule has 0 amide bonds. The molecule has 4 heterocycles. The SMILES string of the molecule is CCc1cc2c(ccc3sc(C=Cc4cc5c(ccc6sc(CC)cc65)s4)cc32)s1. The zero-order chi connectivity index (χ0) is 20.2. The second-order valence-electron chi connectivity index (χ2n) is 7.54. The summed E-state index contributed by atoms with van der Waals surface area (Å²) in [7, 11) is 0. The Morgan fingerprint density at radius 2 is 0.900 bits per heavy atom. The standard InChI is InChI=1S/C26H20S4/c1-3-15-11-19-21-13-17(29-25(21)9-7-23(19)27-15)5-6-18-14-22-20-12-16(4-2)28-24(20)8-10-26(22)30-18/h5-14H,3-4H2,1-2H3. The van der Waals surface area contributed by atoms with Crippen molar-refractivity contribution >= 4 is 97.8 Å². The third-order valence-electron chi connectivity index (χ3n) is 5.64. The van der Waals surface area contributed by atoms with Gasteiger partial charge in [-0.3, -0.25) is 0 Å². The Kier molecular flexibility index (Phi) is 4.57. The monoisotopic (exact) mass is 460 g/mol. The maximum atomic E-state index is 2.38. The number of thiophene rings is 4. The molecule has 6 aromatic rings. The molecule has 0 aliphatic heterocycles. The summed E-state index contributed by atoms with van der Waals surface area (Å²) < 4.78 is 5.57. The molecular formula is C26H20S4. The number of hydrogen-bond donors (Lipinski definition) is 0. The van der Waals surface area contributed by atoms with Gasteiger partial charge in [0.2, 0.25) is 0 Å². The molecule has 4 heteroatoms. The molecule has 2 aromatic carbocycles. The molecular weight excluding hydrogens is 441 g/mol. The molecule has 30 heavy (non-hydrogen) atoms. The number of rotatable bonds is 4. The van der Waals surface area contributed by atoms with Crippen LogP contribution in [0, 0.1) is 0 Å². The van der Waals surface area contributed by atoms with Crippen molar-refractivity contribution in [2.75, 3.05) is 0 Å². The van der Waals surface area contributed by atoms with E-state index >= 15 is 0 Å². The van der Waals surface area contributed by atoms with Gasteiger partial charge in [-0.15, -0.1) is 45.3 Å². The molecule has 6 rings (SSSR count). The van der Waals surface area contributed by atoms with E-state index in [0.717, 1.165) is 12.8 Å². The average molecular weight is 461 g/mol. The minimum atomic E-state index is 1.11. The maximum absolute atomic E-state index is 2.38. The van der Waals surface area contributed by atoms with Crippen molar-refractivity contribution in [1.29, 1.82) is 0 Å². The largest absolute Gasteiger partial charge is 0.140 e. The molecule has 0 aliphatic rings. The van der Waals surface area contributed by atoms with Crippen molar-refractivity contribution < 1.29 is 0 Å². The van der Waals surface area contributed by atoms with Gasteiger partial charge >= 0.3 is 0 Å². The van der Waals surface area contributed by atoms with Crippen molar-refractivity contribution in [2.24, 2.45) is 0 Å². The Labute approximate surface area is 191 Å². The van der Waals surface area contributed by atoms with Crippen LogP contribution in [0.1, 0.15) is 33.4 Å². The molecule has 4 aromatic heterocycles. The molecule has 0 radical (unpaired) electrons. The maximum Gasteiger partial charge on any atom is 0.0356 e. The molecule has 0 saturated carbocycles. The van der Waals surface area contributed by atoms with E-state index in [1.54, 1.807) is 0 Å². The van der Waals surface area contributed by atoms with Crippen LogP contribution in [0.3, 0.4) is 0 Å². The summed E-state index contributed by atoms with van der Waals surface area (Å²) in [5.41, 5.74) is 0. The van der Waals surface area contributed by atoms with Crippen molar-refractivity contribution in [1.82, 2.24) is 0 Å². The van der Waals surface area contributed by atoms with Gasteiger partial charge in [-0.25, -0.2) is 0 Å². The molecule has 0 aliphatic carbocycles. The highest BCUT2D eigenvalue weighted by Gasteiger charge is 2.09. The fraction of sp³-hybridized carbons (Fsp3) is 0.154. The van der Waals surface area contributed by atoms with E-state index in [0.29, 0.717) is 0 Å². The lowest BCUT2D eigenvalue weighted by Crippen LogP contribution is -1.66. The smallest absolute Gasteiger partial charge is 0.0356 e. The second kappa shape index (κ2) is 7.31.